The van der Waals surface area contributed by atoms with E-state index >= 15 is 0 Å². The van der Waals surface area contributed by atoms with E-state index in [1.807, 2.05) is 17.0 Å². The fourth-order valence-corrected chi connectivity index (χ4v) is 4.93. The first-order valence-corrected chi connectivity index (χ1v) is 12.6. The molecule has 0 N–H and O–H groups in total. The molecule has 0 atom stereocenters. The van der Waals surface area contributed by atoms with Crippen molar-refractivity contribution in [2.75, 3.05) is 38.2 Å². The maximum Gasteiger partial charge on any atom is 0.255 e. The van der Waals surface area contributed by atoms with Gasteiger partial charge in [0.25, 0.3) is 5.91 Å². The fourth-order valence-electron chi connectivity index (χ4n) is 4.71. The van der Waals surface area contributed by atoms with Gasteiger partial charge in [-0.05, 0) is 37.5 Å². The molecule has 2 heterocycles. The second kappa shape index (κ2) is 10.3. The van der Waals surface area contributed by atoms with Gasteiger partial charge in [0.1, 0.15) is 11.6 Å². The number of nitrogens with zero attached hydrogens (tertiary/aromatic N) is 4. The second-order valence-corrected chi connectivity index (χ2v) is 9.87. The molecule has 1 aliphatic carbocycles. The van der Waals surface area contributed by atoms with Crippen molar-refractivity contribution >= 4 is 23.3 Å². The van der Waals surface area contributed by atoms with E-state index < -0.39 is 0 Å². The molecule has 0 unspecified atom stereocenters. The van der Waals surface area contributed by atoms with E-state index in [-0.39, 0.29) is 5.91 Å². The fraction of sp³-hybridized carbons (Fsp3) is 0.393. The molecule has 182 valence electrons. The van der Waals surface area contributed by atoms with Crippen LogP contribution in [-0.4, -0.2) is 54.1 Å². The van der Waals surface area contributed by atoms with Gasteiger partial charge in [0.2, 0.25) is 0 Å². The van der Waals surface area contributed by atoms with Crippen LogP contribution in [0.2, 0.25) is 5.02 Å². The number of ether oxygens (including phenoxy) is 1. The van der Waals surface area contributed by atoms with Crippen molar-refractivity contribution in [1.29, 1.82) is 0 Å². The van der Waals surface area contributed by atoms with Crippen molar-refractivity contribution in [3.8, 4) is 0 Å². The normalized spacial score (nSPS) is 16.0. The average molecular weight is 491 g/mol. The van der Waals surface area contributed by atoms with Gasteiger partial charge in [-0.25, -0.2) is 9.97 Å². The number of piperazine rings is 1. The minimum absolute atomic E-state index is 0.0170. The molecule has 1 amide bonds. The van der Waals surface area contributed by atoms with E-state index in [1.165, 1.54) is 11.1 Å². The Kier molecular flexibility index (Phi) is 7.02. The SMILES string of the molecule is COCc1nc(C2CC2)nc(N2CCN(C(=O)c3ccccc3Cl)CC2)c1Cc1cccc(C)c1. The van der Waals surface area contributed by atoms with Crippen molar-refractivity contribution in [3.63, 3.8) is 0 Å². The number of carbonyl (C=O) groups excluding carboxylic acids is 1. The lowest BCUT2D eigenvalue weighted by Crippen LogP contribution is -2.49. The molecule has 1 aromatic heterocycles. The van der Waals surface area contributed by atoms with E-state index in [1.54, 1.807) is 19.2 Å². The number of halogens is 1. The molecule has 2 aliphatic rings. The molecule has 2 fully saturated rings. The second-order valence-electron chi connectivity index (χ2n) is 9.46. The summed E-state index contributed by atoms with van der Waals surface area (Å²) >= 11 is 6.29. The summed E-state index contributed by atoms with van der Waals surface area (Å²) in [5.41, 5.74) is 5.12. The number of hydrogen-bond donors (Lipinski definition) is 0. The number of methoxy groups -OCH3 is 1. The summed E-state index contributed by atoms with van der Waals surface area (Å²) in [5, 5.41) is 0.495. The number of amides is 1. The molecule has 1 aliphatic heterocycles. The van der Waals surface area contributed by atoms with Crippen LogP contribution >= 0.6 is 11.6 Å². The zero-order valence-electron chi connectivity index (χ0n) is 20.3. The minimum Gasteiger partial charge on any atom is -0.378 e. The van der Waals surface area contributed by atoms with Gasteiger partial charge in [-0.2, -0.15) is 0 Å². The van der Waals surface area contributed by atoms with Gasteiger partial charge in [-0.15, -0.1) is 0 Å². The van der Waals surface area contributed by atoms with E-state index in [4.69, 9.17) is 26.3 Å². The van der Waals surface area contributed by atoms with Gasteiger partial charge in [-0.3, -0.25) is 4.79 Å². The molecule has 6 nitrogen and oxygen atoms in total. The molecule has 1 saturated heterocycles. The summed E-state index contributed by atoms with van der Waals surface area (Å²) in [5.74, 6) is 2.34. The number of anilines is 1. The van der Waals surface area contributed by atoms with Crippen molar-refractivity contribution in [2.45, 2.75) is 38.7 Å². The van der Waals surface area contributed by atoms with Gasteiger partial charge < -0.3 is 14.5 Å². The predicted octanol–water partition coefficient (Wildman–Crippen LogP) is 5.02. The largest absolute Gasteiger partial charge is 0.378 e. The smallest absolute Gasteiger partial charge is 0.255 e. The number of rotatable bonds is 7. The first kappa shape index (κ1) is 23.8. The number of carbonyl (C=O) groups is 1. The molecule has 0 spiro atoms. The van der Waals surface area contributed by atoms with Crippen molar-refractivity contribution < 1.29 is 9.53 Å². The monoisotopic (exact) mass is 490 g/mol. The Hall–Kier alpha value is -2.96. The molecule has 5 rings (SSSR count). The lowest BCUT2D eigenvalue weighted by Gasteiger charge is -2.37. The van der Waals surface area contributed by atoms with E-state index in [2.05, 4.69) is 36.1 Å². The molecule has 1 saturated carbocycles. The van der Waals surface area contributed by atoms with Crippen LogP contribution in [0.5, 0.6) is 0 Å². The third-order valence-electron chi connectivity index (χ3n) is 6.75. The first-order valence-electron chi connectivity index (χ1n) is 12.3. The summed E-state index contributed by atoms with van der Waals surface area (Å²) in [6.45, 7) is 5.24. The number of hydrogen-bond acceptors (Lipinski definition) is 5. The Labute approximate surface area is 211 Å². The Morgan fingerprint density at radius 3 is 2.51 bits per heavy atom. The summed E-state index contributed by atoms with van der Waals surface area (Å²) in [6.07, 6.45) is 3.03. The topological polar surface area (TPSA) is 58.6 Å². The summed E-state index contributed by atoms with van der Waals surface area (Å²) < 4.78 is 5.56. The van der Waals surface area contributed by atoms with Gasteiger partial charge in [-0.1, -0.05) is 53.6 Å². The quantitative estimate of drug-likeness (QED) is 0.465. The summed E-state index contributed by atoms with van der Waals surface area (Å²) in [6, 6.07) is 15.8. The standard InChI is InChI=1S/C28H31ClN4O2/c1-19-6-5-7-20(16-19)17-23-25(18-35-2)30-26(21-10-11-21)31-27(23)32-12-14-33(15-13-32)28(34)22-8-3-4-9-24(22)29/h3-9,16,21H,10-15,17-18H2,1-2H3. The lowest BCUT2D eigenvalue weighted by atomic mass is 10.0. The predicted molar refractivity (Wildman–Crippen MR) is 138 cm³/mol. The lowest BCUT2D eigenvalue weighted by molar-refractivity contribution is 0.0746. The van der Waals surface area contributed by atoms with E-state index in [0.29, 0.717) is 49.3 Å². The van der Waals surface area contributed by atoms with Gasteiger partial charge >= 0.3 is 0 Å². The van der Waals surface area contributed by atoms with Crippen LogP contribution in [0.25, 0.3) is 0 Å². The van der Waals surface area contributed by atoms with Crippen molar-refractivity contribution in [2.24, 2.45) is 0 Å². The summed E-state index contributed by atoms with van der Waals surface area (Å²) in [7, 11) is 1.72. The Morgan fingerprint density at radius 1 is 1.06 bits per heavy atom. The molecular formula is C28H31ClN4O2. The highest BCUT2D eigenvalue weighted by Crippen LogP contribution is 2.40. The van der Waals surface area contributed by atoms with Crippen LogP contribution < -0.4 is 4.90 Å². The highest BCUT2D eigenvalue weighted by Gasteiger charge is 2.31. The van der Waals surface area contributed by atoms with Crippen LogP contribution in [0, 0.1) is 6.92 Å². The zero-order valence-corrected chi connectivity index (χ0v) is 21.1. The van der Waals surface area contributed by atoms with Crippen LogP contribution in [0.4, 0.5) is 5.82 Å². The molecular weight excluding hydrogens is 460 g/mol. The minimum atomic E-state index is -0.0170. The van der Waals surface area contributed by atoms with Crippen molar-refractivity contribution in [3.05, 3.63) is 87.3 Å². The molecule has 3 aromatic rings. The molecule has 7 heteroatoms. The highest BCUT2D eigenvalue weighted by atomic mass is 35.5. The van der Waals surface area contributed by atoms with Crippen LogP contribution in [0.1, 0.15) is 57.3 Å². The third-order valence-corrected chi connectivity index (χ3v) is 7.08. The number of benzene rings is 2. The zero-order chi connectivity index (χ0) is 24.4. The van der Waals surface area contributed by atoms with Gasteiger partial charge in [0, 0.05) is 51.2 Å². The van der Waals surface area contributed by atoms with Crippen molar-refractivity contribution in [1.82, 2.24) is 14.9 Å². The number of aryl methyl sites for hydroxylation is 1. The third kappa shape index (κ3) is 5.34. The van der Waals surface area contributed by atoms with Crippen LogP contribution in [0.15, 0.2) is 48.5 Å². The Bertz CT molecular complexity index is 1220. The Balaban J connectivity index is 1.43. The van der Waals surface area contributed by atoms with Gasteiger partial charge in [0.05, 0.1) is 22.9 Å². The van der Waals surface area contributed by atoms with Crippen LogP contribution in [0.3, 0.4) is 0 Å². The first-order chi connectivity index (χ1) is 17.0. The maximum absolute atomic E-state index is 13.1. The highest BCUT2D eigenvalue weighted by molar-refractivity contribution is 6.33. The van der Waals surface area contributed by atoms with Gasteiger partial charge in [0.15, 0.2) is 0 Å². The average Bonchev–Trinajstić information content (AvgIpc) is 3.71. The van der Waals surface area contributed by atoms with E-state index in [9.17, 15) is 4.79 Å². The Morgan fingerprint density at radius 2 is 1.83 bits per heavy atom. The molecule has 2 aromatic carbocycles. The van der Waals surface area contributed by atoms with Crippen LogP contribution in [-0.2, 0) is 17.8 Å². The van der Waals surface area contributed by atoms with E-state index in [0.717, 1.165) is 42.2 Å². The summed E-state index contributed by atoms with van der Waals surface area (Å²) in [4.78, 5) is 27.3. The number of aromatic nitrogens is 2. The molecule has 0 bridgehead atoms. The molecule has 35 heavy (non-hydrogen) atoms. The maximum atomic E-state index is 13.1. The molecule has 0 radical (unpaired) electrons.